The molecule has 4 nitrogen and oxygen atoms in total. The quantitative estimate of drug-likeness (QED) is 0.369. The second-order valence-electron chi connectivity index (χ2n) is 8.36. The molecule has 0 bridgehead atoms. The Kier molecular flexibility index (Phi) is 8.63. The van der Waals surface area contributed by atoms with Gasteiger partial charge >= 0.3 is 0 Å². The number of aromatic nitrogens is 2. The molecular formula is C29H30FN3O. The maximum Gasteiger partial charge on any atom is 0.230 e. The summed E-state index contributed by atoms with van der Waals surface area (Å²) in [6.45, 7) is 8.23. The molecule has 1 aromatic carbocycles. The summed E-state index contributed by atoms with van der Waals surface area (Å²) >= 11 is 0. The van der Waals surface area contributed by atoms with Gasteiger partial charge in [-0.05, 0) is 68.1 Å². The van der Waals surface area contributed by atoms with Crippen molar-refractivity contribution in [2.24, 2.45) is 0 Å². The van der Waals surface area contributed by atoms with Gasteiger partial charge in [-0.25, -0.2) is 9.37 Å². The van der Waals surface area contributed by atoms with E-state index in [0.29, 0.717) is 5.82 Å². The van der Waals surface area contributed by atoms with Crippen LogP contribution in [0, 0.1) is 12.7 Å². The van der Waals surface area contributed by atoms with Crippen molar-refractivity contribution >= 4 is 17.3 Å². The first-order valence-corrected chi connectivity index (χ1v) is 11.3. The summed E-state index contributed by atoms with van der Waals surface area (Å²) in [5.74, 6) is -0.0282. The number of carbonyl (C=O) groups is 1. The van der Waals surface area contributed by atoms with Crippen LogP contribution in [0.15, 0.2) is 84.7 Å². The van der Waals surface area contributed by atoms with Crippen LogP contribution < -0.4 is 5.32 Å². The van der Waals surface area contributed by atoms with Crippen molar-refractivity contribution in [1.29, 1.82) is 0 Å². The molecule has 2 heterocycles. The van der Waals surface area contributed by atoms with E-state index >= 15 is 0 Å². The summed E-state index contributed by atoms with van der Waals surface area (Å²) in [5, 5.41) is 2.82. The Bertz CT molecular complexity index is 1240. The van der Waals surface area contributed by atoms with E-state index in [1.165, 1.54) is 17.7 Å². The predicted octanol–water partition coefficient (Wildman–Crippen LogP) is 7.09. The second-order valence-corrected chi connectivity index (χ2v) is 8.36. The lowest BCUT2D eigenvalue weighted by molar-refractivity contribution is -0.115. The summed E-state index contributed by atoms with van der Waals surface area (Å²) in [4.78, 5) is 21.5. The van der Waals surface area contributed by atoms with Gasteiger partial charge in [0.25, 0.3) is 0 Å². The van der Waals surface area contributed by atoms with Crippen LogP contribution in [0.2, 0.25) is 0 Å². The summed E-state index contributed by atoms with van der Waals surface area (Å²) in [6, 6.07) is 11.8. The Balaban J connectivity index is 1.69. The Labute approximate surface area is 201 Å². The van der Waals surface area contributed by atoms with Crippen LogP contribution in [0.5, 0.6) is 0 Å². The molecule has 3 rings (SSSR count). The number of amides is 1. The number of aryl methyl sites for hydroxylation is 1. The van der Waals surface area contributed by atoms with Gasteiger partial charge in [-0.3, -0.25) is 9.78 Å². The summed E-state index contributed by atoms with van der Waals surface area (Å²) in [5.41, 5.74) is 6.49. The van der Waals surface area contributed by atoms with Crippen molar-refractivity contribution in [3.05, 3.63) is 107 Å². The molecule has 1 amide bonds. The van der Waals surface area contributed by atoms with Crippen molar-refractivity contribution in [2.45, 2.75) is 40.5 Å². The topological polar surface area (TPSA) is 54.9 Å². The highest BCUT2D eigenvalue weighted by Gasteiger charge is 2.10. The Morgan fingerprint density at radius 1 is 1.06 bits per heavy atom. The first-order valence-electron chi connectivity index (χ1n) is 11.3. The number of anilines is 1. The molecular weight excluding hydrogens is 425 g/mol. The van der Waals surface area contributed by atoms with Gasteiger partial charge in [-0.2, -0.15) is 0 Å². The molecule has 0 aliphatic heterocycles. The van der Waals surface area contributed by atoms with E-state index in [0.717, 1.165) is 39.9 Å². The third-order valence-electron chi connectivity index (χ3n) is 5.05. The van der Waals surface area contributed by atoms with E-state index in [2.05, 4.69) is 54.3 Å². The smallest absolute Gasteiger partial charge is 0.230 e. The zero-order chi connectivity index (χ0) is 24.5. The monoisotopic (exact) mass is 455 g/mol. The number of benzene rings is 1. The molecule has 1 N–H and O–H groups in total. The molecule has 174 valence electrons. The van der Waals surface area contributed by atoms with Crippen LogP contribution >= 0.6 is 0 Å². The molecule has 0 fully saturated rings. The first-order chi connectivity index (χ1) is 16.4. The molecule has 0 saturated heterocycles. The number of nitrogens with one attached hydrogen (secondary N) is 1. The van der Waals surface area contributed by atoms with Crippen LogP contribution in [0.25, 0.3) is 16.7 Å². The largest absolute Gasteiger partial charge is 0.310 e. The number of allylic oxidation sites excluding steroid dienone is 6. The molecule has 34 heavy (non-hydrogen) atoms. The third kappa shape index (κ3) is 7.07. The molecule has 2 aromatic heterocycles. The van der Waals surface area contributed by atoms with Gasteiger partial charge < -0.3 is 5.32 Å². The highest BCUT2D eigenvalue weighted by atomic mass is 19.1. The Morgan fingerprint density at radius 2 is 1.88 bits per heavy atom. The molecule has 0 aliphatic carbocycles. The predicted molar refractivity (Wildman–Crippen MR) is 138 cm³/mol. The average molecular weight is 456 g/mol. The normalized spacial score (nSPS) is 11.5. The molecule has 0 radical (unpaired) electrons. The maximum atomic E-state index is 13.4. The number of pyridine rings is 2. The number of hydrogen-bond donors (Lipinski definition) is 1. The average Bonchev–Trinajstić information content (AvgIpc) is 2.79. The standard InChI is InChI=1S/C29H30FN3O/c1-5-6-7-9-24(14-20(2)3)29-21(4)15-22(18-32-29)16-28(34)33-27-13-12-25(19-31-27)23-10-8-11-26(30)17-23/h6-15,17-19H,5,16H2,1-4H3,(H,31,33,34)/b7-6+,24-9+. The number of nitrogens with zero attached hydrogens (tertiary/aromatic N) is 2. The van der Waals surface area contributed by atoms with Crippen molar-refractivity contribution in [3.63, 3.8) is 0 Å². The highest BCUT2D eigenvalue weighted by molar-refractivity contribution is 5.91. The van der Waals surface area contributed by atoms with E-state index < -0.39 is 0 Å². The van der Waals surface area contributed by atoms with Crippen LogP contribution in [0.3, 0.4) is 0 Å². The van der Waals surface area contributed by atoms with Crippen molar-refractivity contribution in [2.75, 3.05) is 5.32 Å². The van der Waals surface area contributed by atoms with E-state index in [-0.39, 0.29) is 18.1 Å². The van der Waals surface area contributed by atoms with Gasteiger partial charge in [0.05, 0.1) is 12.1 Å². The highest BCUT2D eigenvalue weighted by Crippen LogP contribution is 2.22. The van der Waals surface area contributed by atoms with Gasteiger partial charge in [-0.1, -0.05) is 55.0 Å². The van der Waals surface area contributed by atoms with Gasteiger partial charge in [-0.15, -0.1) is 0 Å². The second kappa shape index (κ2) is 11.8. The molecule has 0 saturated carbocycles. The van der Waals surface area contributed by atoms with Crippen LogP contribution in [-0.4, -0.2) is 15.9 Å². The fourth-order valence-electron chi connectivity index (χ4n) is 3.53. The number of carbonyl (C=O) groups excluding carboxylic acids is 1. The minimum absolute atomic E-state index is 0.175. The first kappa shape index (κ1) is 24.8. The van der Waals surface area contributed by atoms with Crippen molar-refractivity contribution in [3.8, 4) is 11.1 Å². The molecule has 0 atom stereocenters. The lowest BCUT2D eigenvalue weighted by atomic mass is 10.0. The number of hydrogen-bond acceptors (Lipinski definition) is 3. The van der Waals surface area contributed by atoms with E-state index in [4.69, 9.17) is 0 Å². The van der Waals surface area contributed by atoms with E-state index in [1.54, 1.807) is 24.5 Å². The number of halogens is 1. The minimum atomic E-state index is -0.300. The Morgan fingerprint density at radius 3 is 2.53 bits per heavy atom. The van der Waals surface area contributed by atoms with Crippen LogP contribution in [0.1, 0.15) is 44.0 Å². The van der Waals surface area contributed by atoms with Crippen LogP contribution in [-0.2, 0) is 11.2 Å². The molecule has 3 aromatic rings. The van der Waals surface area contributed by atoms with E-state index in [1.807, 2.05) is 31.2 Å². The van der Waals surface area contributed by atoms with Gasteiger partial charge in [0, 0.05) is 23.5 Å². The lowest BCUT2D eigenvalue weighted by Crippen LogP contribution is -2.15. The van der Waals surface area contributed by atoms with Crippen LogP contribution in [0.4, 0.5) is 10.2 Å². The van der Waals surface area contributed by atoms with Gasteiger partial charge in [0.2, 0.25) is 5.91 Å². The van der Waals surface area contributed by atoms with Crippen molar-refractivity contribution < 1.29 is 9.18 Å². The van der Waals surface area contributed by atoms with Gasteiger partial charge in [0.1, 0.15) is 11.6 Å². The molecule has 5 heteroatoms. The third-order valence-corrected chi connectivity index (χ3v) is 5.05. The van der Waals surface area contributed by atoms with Crippen molar-refractivity contribution in [1.82, 2.24) is 9.97 Å². The zero-order valence-corrected chi connectivity index (χ0v) is 20.1. The molecule has 0 aliphatic rings. The summed E-state index contributed by atoms with van der Waals surface area (Å²) < 4.78 is 13.4. The number of rotatable bonds is 8. The van der Waals surface area contributed by atoms with Gasteiger partial charge in [0.15, 0.2) is 0 Å². The Hall–Kier alpha value is -3.86. The van der Waals surface area contributed by atoms with E-state index in [9.17, 15) is 9.18 Å². The maximum absolute atomic E-state index is 13.4. The zero-order valence-electron chi connectivity index (χ0n) is 20.1. The fraction of sp³-hybridized carbons (Fsp3) is 0.207. The summed E-state index contributed by atoms with van der Waals surface area (Å²) in [6.07, 6.45) is 12.9. The molecule has 0 unspecified atom stereocenters. The fourth-order valence-corrected chi connectivity index (χ4v) is 3.53. The molecule has 0 spiro atoms. The minimum Gasteiger partial charge on any atom is -0.310 e. The lowest BCUT2D eigenvalue weighted by Gasteiger charge is -2.10. The SMILES string of the molecule is CC/C=C/C=C(\C=C(C)C)c1ncc(CC(=O)Nc2ccc(-c3cccc(F)c3)cn2)cc1C. The summed E-state index contributed by atoms with van der Waals surface area (Å²) in [7, 11) is 0.